The molecule has 1 aromatic rings. The van der Waals surface area contributed by atoms with E-state index in [2.05, 4.69) is 5.32 Å². The second-order valence-corrected chi connectivity index (χ2v) is 5.55. The van der Waals surface area contributed by atoms with E-state index in [4.69, 9.17) is 4.74 Å². The number of anilines is 1. The lowest BCUT2D eigenvalue weighted by Gasteiger charge is -2.23. The molecule has 0 radical (unpaired) electrons. The van der Waals surface area contributed by atoms with Crippen LogP contribution in [0.4, 0.5) is 10.5 Å². The molecule has 2 fully saturated rings. The van der Waals surface area contributed by atoms with Gasteiger partial charge in [-0.3, -0.25) is 4.90 Å². The SMILES string of the molecule is COc1ccccc1NC(=O)N1CC2CCCC2C1O. The van der Waals surface area contributed by atoms with Crippen molar-refractivity contribution in [2.75, 3.05) is 19.0 Å². The van der Waals surface area contributed by atoms with Gasteiger partial charge in [-0.15, -0.1) is 0 Å². The van der Waals surface area contributed by atoms with E-state index in [0.717, 1.165) is 19.3 Å². The number of hydrogen-bond acceptors (Lipinski definition) is 3. The third-order valence-corrected chi connectivity index (χ3v) is 4.46. The van der Waals surface area contributed by atoms with E-state index in [1.807, 2.05) is 12.1 Å². The minimum Gasteiger partial charge on any atom is -0.495 e. The highest BCUT2D eigenvalue weighted by molar-refractivity contribution is 5.91. The average molecular weight is 276 g/mol. The zero-order chi connectivity index (χ0) is 14.1. The number of aliphatic hydroxyl groups excluding tert-OH is 1. The van der Waals surface area contributed by atoms with Crippen molar-refractivity contribution in [3.63, 3.8) is 0 Å². The second kappa shape index (κ2) is 5.32. The van der Waals surface area contributed by atoms with Gasteiger partial charge in [-0.05, 0) is 30.9 Å². The molecule has 3 rings (SSSR count). The molecular formula is C15H20N2O3. The Labute approximate surface area is 118 Å². The first-order chi connectivity index (χ1) is 9.70. The van der Waals surface area contributed by atoms with Crippen LogP contribution in [-0.2, 0) is 0 Å². The van der Waals surface area contributed by atoms with Crippen molar-refractivity contribution in [2.45, 2.75) is 25.5 Å². The molecule has 2 amide bonds. The Balaban J connectivity index is 1.71. The van der Waals surface area contributed by atoms with Gasteiger partial charge in [0.1, 0.15) is 12.0 Å². The molecule has 1 aliphatic heterocycles. The van der Waals surface area contributed by atoms with Crippen LogP contribution in [0.1, 0.15) is 19.3 Å². The zero-order valence-corrected chi connectivity index (χ0v) is 11.6. The van der Waals surface area contributed by atoms with Crippen LogP contribution < -0.4 is 10.1 Å². The number of benzene rings is 1. The van der Waals surface area contributed by atoms with Crippen LogP contribution in [0, 0.1) is 11.8 Å². The molecule has 0 bridgehead atoms. The van der Waals surface area contributed by atoms with Gasteiger partial charge >= 0.3 is 6.03 Å². The molecule has 5 heteroatoms. The Bertz CT molecular complexity index is 506. The minimum absolute atomic E-state index is 0.249. The fourth-order valence-corrected chi connectivity index (χ4v) is 3.41. The number of ether oxygens (including phenoxy) is 1. The quantitative estimate of drug-likeness (QED) is 0.871. The predicted octanol–water partition coefficient (Wildman–Crippen LogP) is 2.28. The van der Waals surface area contributed by atoms with Crippen LogP contribution in [0.2, 0.25) is 0 Å². The Hall–Kier alpha value is -1.75. The van der Waals surface area contributed by atoms with Crippen LogP contribution >= 0.6 is 0 Å². The molecule has 0 aromatic heterocycles. The molecule has 108 valence electrons. The molecule has 3 unspecified atom stereocenters. The van der Waals surface area contributed by atoms with Crippen molar-refractivity contribution >= 4 is 11.7 Å². The molecule has 2 N–H and O–H groups in total. The number of para-hydroxylation sites is 2. The first kappa shape index (κ1) is 13.2. The number of nitrogens with one attached hydrogen (secondary N) is 1. The summed E-state index contributed by atoms with van der Waals surface area (Å²) in [4.78, 5) is 13.9. The fraction of sp³-hybridized carbons (Fsp3) is 0.533. The summed E-state index contributed by atoms with van der Waals surface area (Å²) in [6.45, 7) is 0.646. The number of aliphatic hydroxyl groups is 1. The van der Waals surface area contributed by atoms with Gasteiger partial charge in [-0.25, -0.2) is 4.79 Å². The molecule has 0 spiro atoms. The maximum Gasteiger partial charge on any atom is 0.324 e. The Morgan fingerprint density at radius 3 is 2.95 bits per heavy atom. The van der Waals surface area contributed by atoms with Gasteiger partial charge in [0.15, 0.2) is 0 Å². The lowest BCUT2D eigenvalue weighted by molar-refractivity contribution is 0.0331. The summed E-state index contributed by atoms with van der Waals surface area (Å²) < 4.78 is 5.21. The predicted molar refractivity (Wildman–Crippen MR) is 75.6 cm³/mol. The van der Waals surface area contributed by atoms with E-state index in [1.165, 1.54) is 0 Å². The van der Waals surface area contributed by atoms with E-state index in [9.17, 15) is 9.90 Å². The molecular weight excluding hydrogens is 256 g/mol. The van der Waals surface area contributed by atoms with E-state index in [0.29, 0.717) is 23.9 Å². The lowest BCUT2D eigenvalue weighted by Crippen LogP contribution is -2.40. The number of carbonyl (C=O) groups excluding carboxylic acids is 1. The third-order valence-electron chi connectivity index (χ3n) is 4.46. The minimum atomic E-state index is -0.655. The number of carbonyl (C=O) groups is 1. The number of fused-ring (bicyclic) bond motifs is 1. The molecule has 3 atom stereocenters. The number of rotatable bonds is 2. The van der Waals surface area contributed by atoms with Gasteiger partial charge in [0.2, 0.25) is 0 Å². The summed E-state index contributed by atoms with van der Waals surface area (Å²) in [5.74, 6) is 1.32. The van der Waals surface area contributed by atoms with Gasteiger partial charge < -0.3 is 15.2 Å². The summed E-state index contributed by atoms with van der Waals surface area (Å²) in [5, 5.41) is 13.1. The van der Waals surface area contributed by atoms with Crippen LogP contribution in [-0.4, -0.2) is 35.9 Å². The molecule has 1 aliphatic carbocycles. The lowest BCUT2D eigenvalue weighted by atomic mass is 10.00. The Kier molecular flexibility index (Phi) is 3.53. The van der Waals surface area contributed by atoms with Crippen LogP contribution in [0.15, 0.2) is 24.3 Å². The van der Waals surface area contributed by atoms with Gasteiger partial charge in [-0.2, -0.15) is 0 Å². The van der Waals surface area contributed by atoms with Crippen molar-refractivity contribution in [1.82, 2.24) is 4.90 Å². The van der Waals surface area contributed by atoms with E-state index in [-0.39, 0.29) is 11.9 Å². The molecule has 1 heterocycles. The van der Waals surface area contributed by atoms with Crippen molar-refractivity contribution in [1.29, 1.82) is 0 Å². The molecule has 1 aromatic carbocycles. The maximum absolute atomic E-state index is 12.3. The first-order valence-corrected chi connectivity index (χ1v) is 7.09. The molecule has 20 heavy (non-hydrogen) atoms. The van der Waals surface area contributed by atoms with E-state index < -0.39 is 6.23 Å². The summed E-state index contributed by atoms with van der Waals surface area (Å²) in [6, 6.07) is 7.03. The highest BCUT2D eigenvalue weighted by Crippen LogP contribution is 2.41. The highest BCUT2D eigenvalue weighted by Gasteiger charge is 2.45. The number of urea groups is 1. The van der Waals surface area contributed by atoms with Crippen molar-refractivity contribution < 1.29 is 14.6 Å². The third kappa shape index (κ3) is 2.22. The number of nitrogens with zero attached hydrogens (tertiary/aromatic N) is 1. The summed E-state index contributed by atoms with van der Waals surface area (Å²) in [7, 11) is 1.57. The van der Waals surface area contributed by atoms with Crippen molar-refractivity contribution in [3.05, 3.63) is 24.3 Å². The topological polar surface area (TPSA) is 61.8 Å². The van der Waals surface area contributed by atoms with Crippen molar-refractivity contribution in [3.8, 4) is 5.75 Å². The number of likely N-dealkylation sites (tertiary alicyclic amines) is 1. The summed E-state index contributed by atoms with van der Waals surface area (Å²) in [6.07, 6.45) is 2.64. The second-order valence-electron chi connectivity index (χ2n) is 5.55. The van der Waals surface area contributed by atoms with Gasteiger partial charge in [0.25, 0.3) is 0 Å². The van der Waals surface area contributed by atoms with Crippen LogP contribution in [0.25, 0.3) is 0 Å². The zero-order valence-electron chi connectivity index (χ0n) is 11.6. The largest absolute Gasteiger partial charge is 0.495 e. The standard InChI is InChI=1S/C15H20N2O3/c1-20-13-8-3-2-7-12(13)16-15(19)17-9-10-5-4-6-11(10)14(17)18/h2-3,7-8,10-11,14,18H,4-6,9H2,1H3,(H,16,19). The summed E-state index contributed by atoms with van der Waals surface area (Å²) >= 11 is 0. The highest BCUT2D eigenvalue weighted by atomic mass is 16.5. The monoisotopic (exact) mass is 276 g/mol. The molecule has 1 saturated carbocycles. The van der Waals surface area contributed by atoms with Crippen LogP contribution in [0.5, 0.6) is 5.75 Å². The number of methoxy groups -OCH3 is 1. The maximum atomic E-state index is 12.3. The van der Waals surface area contributed by atoms with Crippen molar-refractivity contribution in [2.24, 2.45) is 11.8 Å². The Morgan fingerprint density at radius 2 is 2.20 bits per heavy atom. The molecule has 5 nitrogen and oxygen atoms in total. The average Bonchev–Trinajstić information content (AvgIpc) is 3.03. The van der Waals surface area contributed by atoms with Gasteiger partial charge in [-0.1, -0.05) is 18.6 Å². The van der Waals surface area contributed by atoms with E-state index in [1.54, 1.807) is 24.1 Å². The van der Waals surface area contributed by atoms with E-state index >= 15 is 0 Å². The summed E-state index contributed by atoms with van der Waals surface area (Å²) in [5.41, 5.74) is 0.629. The number of hydrogen-bond donors (Lipinski definition) is 2. The normalized spacial score (nSPS) is 28.3. The van der Waals surface area contributed by atoms with Gasteiger partial charge in [0.05, 0.1) is 12.8 Å². The number of amides is 2. The first-order valence-electron chi connectivity index (χ1n) is 7.09. The smallest absolute Gasteiger partial charge is 0.324 e. The van der Waals surface area contributed by atoms with Crippen LogP contribution in [0.3, 0.4) is 0 Å². The van der Waals surface area contributed by atoms with Gasteiger partial charge in [0, 0.05) is 12.5 Å². The molecule has 1 saturated heterocycles. The Morgan fingerprint density at radius 1 is 1.40 bits per heavy atom. The fourth-order valence-electron chi connectivity index (χ4n) is 3.41. The molecule has 2 aliphatic rings.